The van der Waals surface area contributed by atoms with E-state index in [1.807, 2.05) is 32.0 Å². The normalized spacial score (nSPS) is 17.0. The van der Waals surface area contributed by atoms with Gasteiger partial charge in [-0.05, 0) is 36.6 Å². The Labute approximate surface area is 145 Å². The van der Waals surface area contributed by atoms with Crippen LogP contribution in [-0.4, -0.2) is 67.2 Å². The molecule has 1 aromatic carbocycles. The van der Waals surface area contributed by atoms with Gasteiger partial charge in [-0.15, -0.1) is 0 Å². The van der Waals surface area contributed by atoms with Crippen LogP contribution < -0.4 is 5.32 Å². The molecule has 0 atom stereocenters. The van der Waals surface area contributed by atoms with Gasteiger partial charge in [0.15, 0.2) is 0 Å². The third-order valence-corrected chi connectivity index (χ3v) is 4.71. The number of rotatable bonds is 7. The van der Waals surface area contributed by atoms with E-state index in [1.165, 1.54) is 5.56 Å². The Kier molecular flexibility index (Phi) is 6.78. The van der Waals surface area contributed by atoms with Crippen LogP contribution in [-0.2, 0) is 6.54 Å². The van der Waals surface area contributed by atoms with Crippen LogP contribution in [0.15, 0.2) is 24.3 Å². The van der Waals surface area contributed by atoms with Crippen molar-refractivity contribution in [2.24, 2.45) is 5.41 Å². The number of nitrogens with zero attached hydrogens (tertiary/aromatic N) is 2. The maximum atomic E-state index is 12.4. The fourth-order valence-corrected chi connectivity index (χ4v) is 2.89. The molecule has 1 aliphatic heterocycles. The number of piperazine rings is 1. The van der Waals surface area contributed by atoms with Crippen molar-refractivity contribution in [3.8, 4) is 0 Å². The van der Waals surface area contributed by atoms with Crippen LogP contribution in [0.4, 0.5) is 0 Å². The SMILES string of the molecule is CN1CCN(Cc2cccc(C(=O)NCC(C)(C)CCO)c2)CC1. The molecule has 0 radical (unpaired) electrons. The summed E-state index contributed by atoms with van der Waals surface area (Å²) in [5, 5.41) is 12.1. The number of aliphatic hydroxyl groups is 1. The summed E-state index contributed by atoms with van der Waals surface area (Å²) in [4.78, 5) is 17.2. The standard InChI is InChI=1S/C19H31N3O2/c1-19(2,7-12-23)15-20-18(24)17-6-4-5-16(13-17)14-22-10-8-21(3)9-11-22/h4-6,13,23H,7-12,14-15H2,1-3H3,(H,20,24). The van der Waals surface area contributed by atoms with E-state index < -0.39 is 0 Å². The van der Waals surface area contributed by atoms with Gasteiger partial charge in [0.1, 0.15) is 0 Å². The highest BCUT2D eigenvalue weighted by molar-refractivity contribution is 5.94. The third kappa shape index (κ3) is 5.89. The first kappa shape index (κ1) is 18.9. The number of aliphatic hydroxyl groups excluding tert-OH is 1. The molecule has 1 amide bonds. The van der Waals surface area contributed by atoms with Gasteiger partial charge in [0, 0.05) is 51.4 Å². The first-order valence-corrected chi connectivity index (χ1v) is 8.78. The summed E-state index contributed by atoms with van der Waals surface area (Å²) in [7, 11) is 2.15. The number of carbonyl (C=O) groups excluding carboxylic acids is 1. The van der Waals surface area contributed by atoms with Crippen molar-refractivity contribution < 1.29 is 9.90 Å². The molecule has 0 unspecified atom stereocenters. The summed E-state index contributed by atoms with van der Waals surface area (Å²) in [6, 6.07) is 7.90. The largest absolute Gasteiger partial charge is 0.396 e. The number of carbonyl (C=O) groups is 1. The molecule has 0 aromatic heterocycles. The molecule has 0 saturated carbocycles. The second kappa shape index (κ2) is 8.60. The van der Waals surface area contributed by atoms with Crippen LogP contribution in [0.2, 0.25) is 0 Å². The quantitative estimate of drug-likeness (QED) is 0.795. The summed E-state index contributed by atoms with van der Waals surface area (Å²) in [6.45, 7) is 10.0. The second-order valence-electron chi connectivity index (χ2n) is 7.60. The minimum absolute atomic E-state index is 0.0405. The van der Waals surface area contributed by atoms with Crippen LogP contribution in [0.25, 0.3) is 0 Å². The maximum Gasteiger partial charge on any atom is 0.251 e. The van der Waals surface area contributed by atoms with E-state index in [1.54, 1.807) is 0 Å². The van der Waals surface area contributed by atoms with Crippen LogP contribution >= 0.6 is 0 Å². The van der Waals surface area contributed by atoms with Crippen LogP contribution in [0, 0.1) is 5.41 Å². The molecule has 5 nitrogen and oxygen atoms in total. The predicted molar refractivity (Wildman–Crippen MR) is 97.0 cm³/mol. The number of nitrogens with one attached hydrogen (secondary N) is 1. The predicted octanol–water partition coefficient (Wildman–Crippen LogP) is 1.57. The minimum Gasteiger partial charge on any atom is -0.396 e. The molecular weight excluding hydrogens is 302 g/mol. The van der Waals surface area contributed by atoms with Crippen molar-refractivity contribution >= 4 is 5.91 Å². The molecule has 1 aliphatic rings. The van der Waals surface area contributed by atoms with Gasteiger partial charge in [-0.25, -0.2) is 0 Å². The van der Waals surface area contributed by atoms with Gasteiger partial charge in [0.2, 0.25) is 0 Å². The van der Waals surface area contributed by atoms with E-state index in [-0.39, 0.29) is 17.9 Å². The van der Waals surface area contributed by atoms with Crippen LogP contribution in [0.5, 0.6) is 0 Å². The highest BCUT2D eigenvalue weighted by atomic mass is 16.3. The van der Waals surface area contributed by atoms with Gasteiger partial charge in [-0.1, -0.05) is 26.0 Å². The second-order valence-corrected chi connectivity index (χ2v) is 7.60. The van der Waals surface area contributed by atoms with Gasteiger partial charge in [0.05, 0.1) is 0 Å². The van der Waals surface area contributed by atoms with E-state index in [0.717, 1.165) is 32.7 Å². The molecular formula is C19H31N3O2. The lowest BCUT2D eigenvalue weighted by molar-refractivity contribution is 0.0928. The molecule has 1 fully saturated rings. The molecule has 134 valence electrons. The van der Waals surface area contributed by atoms with Crippen molar-refractivity contribution in [3.05, 3.63) is 35.4 Å². The summed E-state index contributed by atoms with van der Waals surface area (Å²) in [5.41, 5.74) is 1.80. The first-order valence-electron chi connectivity index (χ1n) is 8.78. The number of amides is 1. The summed E-state index contributed by atoms with van der Waals surface area (Å²) < 4.78 is 0. The topological polar surface area (TPSA) is 55.8 Å². The number of hydrogen-bond acceptors (Lipinski definition) is 4. The molecule has 5 heteroatoms. The average Bonchev–Trinajstić information content (AvgIpc) is 2.55. The molecule has 2 rings (SSSR count). The third-order valence-electron chi connectivity index (χ3n) is 4.71. The Hall–Kier alpha value is -1.43. The smallest absolute Gasteiger partial charge is 0.251 e. The zero-order valence-electron chi connectivity index (χ0n) is 15.2. The molecule has 2 N–H and O–H groups in total. The Balaban J connectivity index is 1.90. The van der Waals surface area contributed by atoms with E-state index in [2.05, 4.69) is 28.2 Å². The van der Waals surface area contributed by atoms with Gasteiger partial charge < -0.3 is 15.3 Å². The minimum atomic E-state index is -0.0954. The van der Waals surface area contributed by atoms with E-state index in [4.69, 9.17) is 5.11 Å². The number of hydrogen-bond donors (Lipinski definition) is 2. The molecule has 1 heterocycles. The van der Waals surface area contributed by atoms with Crippen molar-refractivity contribution in [2.45, 2.75) is 26.8 Å². The van der Waals surface area contributed by atoms with Crippen molar-refractivity contribution in [1.29, 1.82) is 0 Å². The molecule has 0 aliphatic carbocycles. The molecule has 24 heavy (non-hydrogen) atoms. The van der Waals surface area contributed by atoms with Crippen molar-refractivity contribution in [1.82, 2.24) is 15.1 Å². The summed E-state index contributed by atoms with van der Waals surface area (Å²) in [6.07, 6.45) is 0.677. The zero-order chi connectivity index (χ0) is 17.6. The Morgan fingerprint density at radius 2 is 1.96 bits per heavy atom. The maximum absolute atomic E-state index is 12.4. The molecule has 0 bridgehead atoms. The lowest BCUT2D eigenvalue weighted by Gasteiger charge is -2.32. The van der Waals surface area contributed by atoms with Crippen LogP contribution in [0.3, 0.4) is 0 Å². The number of likely N-dealkylation sites (N-methyl/N-ethyl adjacent to an activating group) is 1. The summed E-state index contributed by atoms with van der Waals surface area (Å²) in [5.74, 6) is -0.0405. The van der Waals surface area contributed by atoms with Crippen molar-refractivity contribution in [3.63, 3.8) is 0 Å². The van der Waals surface area contributed by atoms with Crippen LogP contribution in [0.1, 0.15) is 36.2 Å². The lowest BCUT2D eigenvalue weighted by atomic mass is 9.89. The van der Waals surface area contributed by atoms with Gasteiger partial charge in [-0.3, -0.25) is 9.69 Å². The summed E-state index contributed by atoms with van der Waals surface area (Å²) >= 11 is 0. The fraction of sp³-hybridized carbons (Fsp3) is 0.632. The van der Waals surface area contributed by atoms with Crippen molar-refractivity contribution in [2.75, 3.05) is 46.4 Å². The van der Waals surface area contributed by atoms with Gasteiger partial charge >= 0.3 is 0 Å². The van der Waals surface area contributed by atoms with Gasteiger partial charge in [0.25, 0.3) is 5.91 Å². The monoisotopic (exact) mass is 333 g/mol. The van der Waals surface area contributed by atoms with E-state index in [9.17, 15) is 4.79 Å². The molecule has 0 spiro atoms. The fourth-order valence-electron chi connectivity index (χ4n) is 2.89. The molecule has 1 saturated heterocycles. The highest BCUT2D eigenvalue weighted by Crippen LogP contribution is 2.18. The Morgan fingerprint density at radius 3 is 2.62 bits per heavy atom. The number of benzene rings is 1. The first-order chi connectivity index (χ1) is 11.4. The molecule has 1 aromatic rings. The Bertz CT molecular complexity index is 537. The van der Waals surface area contributed by atoms with E-state index >= 15 is 0 Å². The zero-order valence-corrected chi connectivity index (χ0v) is 15.2. The average molecular weight is 333 g/mol. The Morgan fingerprint density at radius 1 is 1.25 bits per heavy atom. The highest BCUT2D eigenvalue weighted by Gasteiger charge is 2.19. The van der Waals surface area contributed by atoms with Gasteiger partial charge in [-0.2, -0.15) is 0 Å². The van der Waals surface area contributed by atoms with E-state index in [0.29, 0.717) is 18.5 Å². The lowest BCUT2D eigenvalue weighted by Crippen LogP contribution is -2.43.